The molecule has 0 unspecified atom stereocenters. The molecule has 0 rings (SSSR count). The lowest BCUT2D eigenvalue weighted by atomic mass is 10.0. The van der Waals surface area contributed by atoms with E-state index in [1.54, 1.807) is 0 Å². The average Bonchev–Trinajstić information content (AvgIpc) is 2.75. The zero-order valence-electron chi connectivity index (χ0n) is 21.0. The lowest BCUT2D eigenvalue weighted by Gasteiger charge is -2.35. The summed E-state index contributed by atoms with van der Waals surface area (Å²) in [5.41, 5.74) is 0. The van der Waals surface area contributed by atoms with Crippen LogP contribution in [0.15, 0.2) is 0 Å². The maximum atomic E-state index is 2.36. The van der Waals surface area contributed by atoms with E-state index < -0.39 is 0 Å². The van der Waals surface area contributed by atoms with Crippen LogP contribution in [0.2, 0.25) is 0 Å². The van der Waals surface area contributed by atoms with Gasteiger partial charge in [0.2, 0.25) is 0 Å². The van der Waals surface area contributed by atoms with Gasteiger partial charge < -0.3 is 8.97 Å². The van der Waals surface area contributed by atoms with Crippen LogP contribution in [0.4, 0.5) is 0 Å². The number of nitrogens with zero attached hydrogens (tertiary/aromatic N) is 2. The summed E-state index contributed by atoms with van der Waals surface area (Å²) in [5, 5.41) is 0. The van der Waals surface area contributed by atoms with Crippen LogP contribution in [-0.4, -0.2) is 61.3 Å². The van der Waals surface area contributed by atoms with Crippen LogP contribution in [0.25, 0.3) is 0 Å². The lowest BCUT2D eigenvalue weighted by Crippen LogP contribution is -2.48. The Hall–Kier alpha value is -0.0800. The van der Waals surface area contributed by atoms with Crippen molar-refractivity contribution >= 4 is 0 Å². The van der Waals surface area contributed by atoms with Crippen LogP contribution >= 0.6 is 0 Å². The number of hydrogen-bond donors (Lipinski definition) is 0. The van der Waals surface area contributed by atoms with Gasteiger partial charge in [-0.15, -0.1) is 0 Å². The standard InChI is InChI=1S/C26H58N2/c1-7-27(8-2,9-3)25-23-21-19-17-15-13-14-16-18-20-22-24-26-28(10-4,11-5)12-6/h7-26H2,1-6H3/q+2. The molecule has 0 aliphatic heterocycles. The maximum absolute atomic E-state index is 2.36. The molecule has 2 heteroatoms. The Kier molecular flexibility index (Phi) is 17.7. The fourth-order valence-electron chi connectivity index (χ4n) is 4.95. The number of hydrogen-bond acceptors (Lipinski definition) is 0. The second kappa shape index (κ2) is 17.8. The fraction of sp³-hybridized carbons (Fsp3) is 1.00. The van der Waals surface area contributed by atoms with Crippen molar-refractivity contribution in [3.63, 3.8) is 0 Å². The van der Waals surface area contributed by atoms with Crippen LogP contribution < -0.4 is 0 Å². The van der Waals surface area contributed by atoms with Crippen molar-refractivity contribution in [3.8, 4) is 0 Å². The maximum Gasteiger partial charge on any atom is 0.0786 e. The Morgan fingerprint density at radius 3 is 0.643 bits per heavy atom. The van der Waals surface area contributed by atoms with Gasteiger partial charge in [-0.2, -0.15) is 0 Å². The molecule has 0 bridgehead atoms. The molecule has 0 N–H and O–H groups in total. The number of unbranched alkanes of at least 4 members (excludes halogenated alkanes) is 11. The predicted molar refractivity (Wildman–Crippen MR) is 129 cm³/mol. The van der Waals surface area contributed by atoms with E-state index in [1.165, 1.54) is 138 Å². The molecular formula is C26H58N2+2. The summed E-state index contributed by atoms with van der Waals surface area (Å²) in [5.74, 6) is 0. The van der Waals surface area contributed by atoms with Crippen molar-refractivity contribution in [2.24, 2.45) is 0 Å². The number of quaternary nitrogens is 2. The Bertz CT molecular complexity index is 270. The minimum Gasteiger partial charge on any atom is -0.324 e. The van der Waals surface area contributed by atoms with Gasteiger partial charge in [0, 0.05) is 0 Å². The SMILES string of the molecule is CC[N+](CC)(CC)CCCCCCCCCCCCCC[N+](CC)(CC)CC. The smallest absolute Gasteiger partial charge is 0.0786 e. The van der Waals surface area contributed by atoms with Gasteiger partial charge in [-0.05, 0) is 67.2 Å². The minimum atomic E-state index is 1.31. The first-order chi connectivity index (χ1) is 13.6. The van der Waals surface area contributed by atoms with E-state index in [2.05, 4.69) is 41.5 Å². The molecule has 0 amide bonds. The molecule has 170 valence electrons. The van der Waals surface area contributed by atoms with Crippen molar-refractivity contribution in [2.75, 3.05) is 52.4 Å². The van der Waals surface area contributed by atoms with E-state index >= 15 is 0 Å². The van der Waals surface area contributed by atoms with Gasteiger partial charge in [-0.25, -0.2) is 0 Å². The molecule has 0 aliphatic rings. The molecule has 0 atom stereocenters. The van der Waals surface area contributed by atoms with E-state index in [1.807, 2.05) is 0 Å². The van der Waals surface area contributed by atoms with Crippen molar-refractivity contribution in [1.29, 1.82) is 0 Å². The molecule has 0 spiro atoms. The molecule has 0 aromatic heterocycles. The molecule has 0 fully saturated rings. The third-order valence-corrected chi connectivity index (χ3v) is 8.04. The Labute approximate surface area is 180 Å². The van der Waals surface area contributed by atoms with Crippen molar-refractivity contribution < 1.29 is 8.97 Å². The molecule has 0 aromatic rings. The Balaban J connectivity index is 3.43. The van der Waals surface area contributed by atoms with Crippen LogP contribution in [0.1, 0.15) is 119 Å². The normalized spacial score (nSPS) is 12.6. The quantitative estimate of drug-likeness (QED) is 0.139. The van der Waals surface area contributed by atoms with Crippen LogP contribution in [0.3, 0.4) is 0 Å². The van der Waals surface area contributed by atoms with Gasteiger partial charge in [0.1, 0.15) is 0 Å². The summed E-state index contributed by atoms with van der Waals surface area (Å²) in [6.45, 7) is 24.8. The Morgan fingerprint density at radius 2 is 0.464 bits per heavy atom. The van der Waals surface area contributed by atoms with E-state index in [0.29, 0.717) is 0 Å². The Morgan fingerprint density at radius 1 is 0.286 bits per heavy atom. The first kappa shape index (κ1) is 27.9. The molecule has 0 saturated heterocycles. The van der Waals surface area contributed by atoms with E-state index in [9.17, 15) is 0 Å². The lowest BCUT2D eigenvalue weighted by molar-refractivity contribution is -0.923. The zero-order chi connectivity index (χ0) is 21.1. The van der Waals surface area contributed by atoms with Crippen LogP contribution in [0.5, 0.6) is 0 Å². The molecular weight excluding hydrogens is 340 g/mol. The van der Waals surface area contributed by atoms with Crippen molar-refractivity contribution in [2.45, 2.75) is 119 Å². The third kappa shape index (κ3) is 11.8. The molecule has 0 aliphatic carbocycles. The summed E-state index contributed by atoms with van der Waals surface area (Å²) in [6.07, 6.45) is 17.5. The molecule has 0 aromatic carbocycles. The van der Waals surface area contributed by atoms with Gasteiger partial charge in [-0.1, -0.05) is 51.4 Å². The summed E-state index contributed by atoms with van der Waals surface area (Å²) in [4.78, 5) is 0. The summed E-state index contributed by atoms with van der Waals surface area (Å²) >= 11 is 0. The molecule has 0 heterocycles. The largest absolute Gasteiger partial charge is 0.324 e. The highest BCUT2D eigenvalue weighted by molar-refractivity contribution is 4.50. The van der Waals surface area contributed by atoms with Crippen molar-refractivity contribution in [1.82, 2.24) is 0 Å². The minimum absolute atomic E-state index is 1.31. The van der Waals surface area contributed by atoms with E-state index in [0.717, 1.165) is 0 Å². The van der Waals surface area contributed by atoms with Gasteiger partial charge in [0.05, 0.1) is 52.4 Å². The van der Waals surface area contributed by atoms with E-state index in [-0.39, 0.29) is 0 Å². The molecule has 2 nitrogen and oxygen atoms in total. The first-order valence-electron chi connectivity index (χ1n) is 13.3. The summed E-state index contributed by atoms with van der Waals surface area (Å²) < 4.78 is 2.66. The van der Waals surface area contributed by atoms with Crippen LogP contribution in [0, 0.1) is 0 Å². The van der Waals surface area contributed by atoms with Crippen molar-refractivity contribution in [3.05, 3.63) is 0 Å². The second-order valence-electron chi connectivity index (χ2n) is 9.27. The highest BCUT2D eigenvalue weighted by atomic mass is 15.3. The molecule has 0 radical (unpaired) electrons. The molecule has 0 saturated carbocycles. The predicted octanol–water partition coefficient (Wildman–Crippen LogP) is 7.42. The highest BCUT2D eigenvalue weighted by Gasteiger charge is 2.20. The van der Waals surface area contributed by atoms with Gasteiger partial charge >= 0.3 is 0 Å². The average molecular weight is 399 g/mol. The van der Waals surface area contributed by atoms with Gasteiger partial charge in [0.15, 0.2) is 0 Å². The highest BCUT2D eigenvalue weighted by Crippen LogP contribution is 2.15. The van der Waals surface area contributed by atoms with Crippen LogP contribution in [-0.2, 0) is 0 Å². The number of rotatable bonds is 21. The van der Waals surface area contributed by atoms with Gasteiger partial charge in [0.25, 0.3) is 0 Å². The van der Waals surface area contributed by atoms with E-state index in [4.69, 9.17) is 0 Å². The second-order valence-corrected chi connectivity index (χ2v) is 9.27. The van der Waals surface area contributed by atoms with Gasteiger partial charge in [-0.3, -0.25) is 0 Å². The summed E-state index contributed by atoms with van der Waals surface area (Å²) in [7, 11) is 0. The molecule has 28 heavy (non-hydrogen) atoms. The topological polar surface area (TPSA) is 0 Å². The monoisotopic (exact) mass is 398 g/mol. The first-order valence-corrected chi connectivity index (χ1v) is 13.3. The zero-order valence-corrected chi connectivity index (χ0v) is 21.0. The fourth-order valence-corrected chi connectivity index (χ4v) is 4.95. The third-order valence-electron chi connectivity index (χ3n) is 8.04. The summed E-state index contributed by atoms with van der Waals surface area (Å²) in [6, 6.07) is 0.